The lowest BCUT2D eigenvalue weighted by Gasteiger charge is -2.15. The topological polar surface area (TPSA) is 93.0 Å². The van der Waals surface area contributed by atoms with E-state index in [1.165, 1.54) is 0 Å². The maximum absolute atomic E-state index is 12.4. The van der Waals surface area contributed by atoms with Crippen molar-refractivity contribution in [1.29, 1.82) is 0 Å². The summed E-state index contributed by atoms with van der Waals surface area (Å²) in [5, 5.41) is 10.5. The molecule has 0 aliphatic rings. The number of rotatable bonds is 4. The Hall–Kier alpha value is -3.02. The molecule has 4 N–H and O–H groups in total. The molecule has 0 saturated carbocycles. The van der Waals surface area contributed by atoms with Gasteiger partial charge in [-0.15, -0.1) is 0 Å². The van der Waals surface area contributed by atoms with Crippen LogP contribution in [0.15, 0.2) is 42.5 Å². The normalized spacial score (nSPS) is 12.1. The van der Waals surface area contributed by atoms with Crippen LogP contribution in [0.3, 0.4) is 0 Å². The number of aromatic amines is 1. The second kappa shape index (κ2) is 6.00. The van der Waals surface area contributed by atoms with E-state index < -0.39 is 0 Å². The molecule has 0 unspecified atom stereocenters. The number of hydrogen-bond donors (Lipinski definition) is 3. The summed E-state index contributed by atoms with van der Waals surface area (Å²) in [6.45, 7) is 1.93. The molecule has 3 aromatic rings. The highest BCUT2D eigenvalue weighted by Crippen LogP contribution is 2.21. The molecule has 1 amide bonds. The van der Waals surface area contributed by atoms with Crippen molar-refractivity contribution >= 4 is 22.6 Å². The minimum atomic E-state index is -0.164. The standard InChI is InChI=1S/C17H18N4O2/c1-10(11-4-3-5-13(8-11)23-2)19-17(22)12-6-7-15-14(9-12)16(18)21-20-15/h3-10H,1-2H3,(H,19,22)(H3,18,20,21)/t10-/m1/s1. The number of nitrogens with zero attached hydrogens (tertiary/aromatic N) is 1. The highest BCUT2D eigenvalue weighted by Gasteiger charge is 2.13. The zero-order valence-corrected chi connectivity index (χ0v) is 13.0. The number of nitrogens with one attached hydrogen (secondary N) is 2. The fourth-order valence-electron chi connectivity index (χ4n) is 2.45. The van der Waals surface area contributed by atoms with Gasteiger partial charge in [0.2, 0.25) is 0 Å². The highest BCUT2D eigenvalue weighted by molar-refractivity contribution is 6.00. The number of hydrogen-bond acceptors (Lipinski definition) is 4. The molecule has 0 radical (unpaired) electrons. The van der Waals surface area contributed by atoms with Crippen LogP contribution in [0.1, 0.15) is 28.9 Å². The lowest BCUT2D eigenvalue weighted by Crippen LogP contribution is -2.26. The van der Waals surface area contributed by atoms with Crippen molar-refractivity contribution in [2.24, 2.45) is 0 Å². The zero-order chi connectivity index (χ0) is 16.4. The van der Waals surface area contributed by atoms with E-state index in [9.17, 15) is 4.79 Å². The monoisotopic (exact) mass is 310 g/mol. The van der Waals surface area contributed by atoms with Crippen LogP contribution in [0.5, 0.6) is 5.75 Å². The van der Waals surface area contributed by atoms with Gasteiger partial charge in [-0.2, -0.15) is 5.10 Å². The first kappa shape index (κ1) is 14.9. The number of H-pyrrole nitrogens is 1. The molecule has 3 rings (SSSR count). The van der Waals surface area contributed by atoms with Crippen LogP contribution in [-0.4, -0.2) is 23.2 Å². The van der Waals surface area contributed by atoms with E-state index in [0.29, 0.717) is 11.4 Å². The van der Waals surface area contributed by atoms with Crippen LogP contribution in [-0.2, 0) is 0 Å². The third-order valence-electron chi connectivity index (χ3n) is 3.80. The van der Waals surface area contributed by atoms with Gasteiger partial charge in [0, 0.05) is 10.9 Å². The Labute approximate surface area is 133 Å². The first-order valence-electron chi connectivity index (χ1n) is 7.27. The summed E-state index contributed by atoms with van der Waals surface area (Å²) in [6.07, 6.45) is 0. The van der Waals surface area contributed by atoms with Crippen LogP contribution >= 0.6 is 0 Å². The zero-order valence-electron chi connectivity index (χ0n) is 13.0. The molecule has 6 heteroatoms. The van der Waals surface area contributed by atoms with E-state index >= 15 is 0 Å². The minimum Gasteiger partial charge on any atom is -0.497 e. The molecule has 23 heavy (non-hydrogen) atoms. The van der Waals surface area contributed by atoms with Crippen molar-refractivity contribution in [2.75, 3.05) is 12.8 Å². The summed E-state index contributed by atoms with van der Waals surface area (Å²) in [5.74, 6) is 0.981. The average molecular weight is 310 g/mol. The highest BCUT2D eigenvalue weighted by atomic mass is 16.5. The first-order valence-corrected chi connectivity index (χ1v) is 7.27. The van der Waals surface area contributed by atoms with Gasteiger partial charge >= 0.3 is 0 Å². The van der Waals surface area contributed by atoms with Crippen LogP contribution in [0.4, 0.5) is 5.82 Å². The van der Waals surface area contributed by atoms with Crippen molar-refractivity contribution in [3.63, 3.8) is 0 Å². The Balaban J connectivity index is 1.80. The van der Waals surface area contributed by atoms with Gasteiger partial charge < -0.3 is 15.8 Å². The van der Waals surface area contributed by atoms with Gasteiger partial charge in [-0.3, -0.25) is 9.89 Å². The van der Waals surface area contributed by atoms with Gasteiger partial charge in [-0.1, -0.05) is 12.1 Å². The number of carbonyl (C=O) groups excluding carboxylic acids is 1. The smallest absolute Gasteiger partial charge is 0.251 e. The van der Waals surface area contributed by atoms with E-state index in [-0.39, 0.29) is 11.9 Å². The number of aromatic nitrogens is 2. The first-order chi connectivity index (χ1) is 11.1. The van der Waals surface area contributed by atoms with Gasteiger partial charge in [0.25, 0.3) is 5.91 Å². The third kappa shape index (κ3) is 2.96. The molecule has 0 fully saturated rings. The summed E-state index contributed by atoms with van der Waals surface area (Å²) in [7, 11) is 1.62. The Morgan fingerprint density at radius 3 is 2.91 bits per heavy atom. The number of benzene rings is 2. The van der Waals surface area contributed by atoms with E-state index in [1.54, 1.807) is 25.3 Å². The number of nitrogen functional groups attached to an aromatic ring is 1. The van der Waals surface area contributed by atoms with Crippen LogP contribution in [0, 0.1) is 0 Å². The molecule has 0 spiro atoms. The van der Waals surface area contributed by atoms with Crippen molar-refractivity contribution < 1.29 is 9.53 Å². The van der Waals surface area contributed by atoms with Crippen LogP contribution in [0.2, 0.25) is 0 Å². The molecule has 1 aromatic heterocycles. The lowest BCUT2D eigenvalue weighted by molar-refractivity contribution is 0.0940. The quantitative estimate of drug-likeness (QED) is 0.690. The molecule has 0 saturated heterocycles. The summed E-state index contributed by atoms with van der Waals surface area (Å²) in [4.78, 5) is 12.4. The Morgan fingerprint density at radius 1 is 1.30 bits per heavy atom. The van der Waals surface area contributed by atoms with Crippen molar-refractivity contribution in [3.05, 3.63) is 53.6 Å². The van der Waals surface area contributed by atoms with Gasteiger partial charge in [-0.05, 0) is 42.8 Å². The maximum atomic E-state index is 12.4. The molecule has 0 aliphatic heterocycles. The summed E-state index contributed by atoms with van der Waals surface area (Å²) in [6, 6.07) is 12.8. The van der Waals surface area contributed by atoms with Crippen molar-refractivity contribution in [1.82, 2.24) is 15.5 Å². The predicted molar refractivity (Wildman–Crippen MR) is 89.4 cm³/mol. The molecule has 118 valence electrons. The molecule has 2 aromatic carbocycles. The fourth-order valence-corrected chi connectivity index (χ4v) is 2.45. The number of fused-ring (bicyclic) bond motifs is 1. The van der Waals surface area contributed by atoms with Gasteiger partial charge in [0.05, 0.1) is 18.7 Å². The van der Waals surface area contributed by atoms with E-state index in [2.05, 4.69) is 15.5 Å². The second-order valence-electron chi connectivity index (χ2n) is 5.34. The molecular weight excluding hydrogens is 292 g/mol. The number of ether oxygens (including phenoxy) is 1. The van der Waals surface area contributed by atoms with Crippen LogP contribution < -0.4 is 15.8 Å². The average Bonchev–Trinajstić information content (AvgIpc) is 2.95. The van der Waals surface area contributed by atoms with Crippen molar-refractivity contribution in [3.8, 4) is 5.75 Å². The largest absolute Gasteiger partial charge is 0.497 e. The lowest BCUT2D eigenvalue weighted by atomic mass is 10.1. The number of nitrogens with two attached hydrogens (primary N) is 1. The summed E-state index contributed by atoms with van der Waals surface area (Å²) in [5.41, 5.74) is 8.10. The fraction of sp³-hybridized carbons (Fsp3) is 0.176. The van der Waals surface area contributed by atoms with Crippen molar-refractivity contribution in [2.45, 2.75) is 13.0 Å². The van der Waals surface area contributed by atoms with Gasteiger partial charge in [0.15, 0.2) is 5.82 Å². The molecular formula is C17H18N4O2. The van der Waals surface area contributed by atoms with E-state index in [4.69, 9.17) is 10.5 Å². The predicted octanol–water partition coefficient (Wildman–Crippen LogP) is 2.64. The Bertz CT molecular complexity index is 857. The minimum absolute atomic E-state index is 0.144. The molecule has 6 nitrogen and oxygen atoms in total. The van der Waals surface area contributed by atoms with Gasteiger partial charge in [0.1, 0.15) is 5.75 Å². The van der Waals surface area contributed by atoms with E-state index in [0.717, 1.165) is 22.2 Å². The molecule has 0 aliphatic carbocycles. The molecule has 0 bridgehead atoms. The summed E-state index contributed by atoms with van der Waals surface area (Å²) >= 11 is 0. The Kier molecular flexibility index (Phi) is 3.89. The number of carbonyl (C=O) groups is 1. The molecule has 1 atom stereocenters. The SMILES string of the molecule is COc1cccc([C@@H](C)NC(=O)c2ccc3[nH]nc(N)c3c2)c1. The number of amides is 1. The maximum Gasteiger partial charge on any atom is 0.251 e. The van der Waals surface area contributed by atoms with Crippen LogP contribution in [0.25, 0.3) is 10.9 Å². The number of methoxy groups -OCH3 is 1. The number of anilines is 1. The Morgan fingerprint density at radius 2 is 2.13 bits per heavy atom. The van der Waals surface area contributed by atoms with Gasteiger partial charge in [-0.25, -0.2) is 0 Å². The second-order valence-corrected chi connectivity index (χ2v) is 5.34. The molecule has 1 heterocycles. The van der Waals surface area contributed by atoms with E-state index in [1.807, 2.05) is 31.2 Å². The third-order valence-corrected chi connectivity index (χ3v) is 3.80. The summed E-state index contributed by atoms with van der Waals surface area (Å²) < 4.78 is 5.21.